The van der Waals surface area contributed by atoms with E-state index in [1.54, 1.807) is 48.5 Å². The molecule has 0 fully saturated rings. The molecule has 3 rings (SSSR count). The molecule has 4 nitrogen and oxygen atoms in total. The number of halogens is 2. The van der Waals surface area contributed by atoms with Gasteiger partial charge in [-0.25, -0.2) is 0 Å². The van der Waals surface area contributed by atoms with E-state index in [0.29, 0.717) is 21.3 Å². The average molecular weight is 405 g/mol. The Morgan fingerprint density at radius 3 is 2.08 bits per heavy atom. The van der Waals surface area contributed by atoms with Crippen molar-refractivity contribution in [2.75, 3.05) is 5.32 Å². The highest BCUT2D eigenvalue weighted by Gasteiger charge is 2.16. The van der Waals surface area contributed by atoms with Crippen molar-refractivity contribution in [1.29, 1.82) is 0 Å². The van der Waals surface area contributed by atoms with E-state index in [0.717, 1.165) is 0 Å². The van der Waals surface area contributed by atoms with Gasteiger partial charge in [0.25, 0.3) is 10.0 Å². The molecule has 0 aliphatic rings. The van der Waals surface area contributed by atoms with Crippen LogP contribution in [-0.2, 0) is 10.0 Å². The second-order valence-electron chi connectivity index (χ2n) is 5.34. The van der Waals surface area contributed by atoms with Gasteiger partial charge < -0.3 is 5.32 Å². The zero-order chi connectivity index (χ0) is 18.6. The lowest BCUT2D eigenvalue weighted by Crippen LogP contribution is -2.16. The molecule has 0 heterocycles. The molecule has 0 bridgehead atoms. The van der Waals surface area contributed by atoms with E-state index in [-0.39, 0.29) is 10.7 Å². The smallest absolute Gasteiger partial charge is 0.284 e. The first kappa shape index (κ1) is 18.5. The van der Waals surface area contributed by atoms with Crippen LogP contribution in [0.3, 0.4) is 0 Å². The number of sulfonamides is 1. The van der Waals surface area contributed by atoms with Gasteiger partial charge in [0.1, 0.15) is 0 Å². The molecule has 26 heavy (non-hydrogen) atoms. The Balaban J connectivity index is 2.07. The number of anilines is 1. The maximum absolute atomic E-state index is 12.7. The Kier molecular flexibility index (Phi) is 5.61. The molecular weight excluding hydrogens is 391 g/mol. The average Bonchev–Trinajstić information content (AvgIpc) is 2.64. The Bertz CT molecular complexity index is 1030. The fraction of sp³-hybridized carbons (Fsp3) is 0. The molecule has 0 aromatic heterocycles. The van der Waals surface area contributed by atoms with E-state index >= 15 is 0 Å². The maximum Gasteiger partial charge on any atom is 0.284 e. The molecule has 0 atom stereocenters. The van der Waals surface area contributed by atoms with Crippen LogP contribution in [0.5, 0.6) is 0 Å². The first-order valence-electron chi connectivity index (χ1n) is 7.63. The predicted octanol–water partition coefficient (Wildman–Crippen LogP) is 5.24. The van der Waals surface area contributed by atoms with Crippen LogP contribution in [0, 0.1) is 0 Å². The van der Waals surface area contributed by atoms with Crippen LogP contribution in [0.1, 0.15) is 5.56 Å². The molecule has 0 amide bonds. The van der Waals surface area contributed by atoms with E-state index in [4.69, 9.17) is 23.2 Å². The third-order valence-corrected chi connectivity index (χ3v) is 5.37. The number of amidine groups is 1. The van der Waals surface area contributed by atoms with E-state index in [2.05, 4.69) is 9.71 Å². The Morgan fingerprint density at radius 2 is 1.42 bits per heavy atom. The zero-order valence-electron chi connectivity index (χ0n) is 13.4. The molecule has 3 aromatic rings. The van der Waals surface area contributed by atoms with Crippen LogP contribution in [-0.4, -0.2) is 14.3 Å². The molecule has 0 saturated heterocycles. The summed E-state index contributed by atoms with van der Waals surface area (Å²) >= 11 is 12.0. The molecule has 0 saturated carbocycles. The molecule has 0 aliphatic carbocycles. The summed E-state index contributed by atoms with van der Waals surface area (Å²) in [6.45, 7) is 0. The van der Waals surface area contributed by atoms with Crippen LogP contribution in [0.4, 0.5) is 5.69 Å². The quantitative estimate of drug-likeness (QED) is 0.477. The van der Waals surface area contributed by atoms with E-state index in [1.165, 1.54) is 24.3 Å². The minimum Gasteiger partial charge on any atom is -0.338 e. The van der Waals surface area contributed by atoms with Gasteiger partial charge in [0.2, 0.25) is 0 Å². The number of nitrogens with zero attached hydrogens (tertiary/aromatic N) is 1. The topological polar surface area (TPSA) is 58.5 Å². The molecule has 3 aromatic carbocycles. The highest BCUT2D eigenvalue weighted by Crippen LogP contribution is 2.23. The van der Waals surface area contributed by atoms with Crippen molar-refractivity contribution in [2.24, 2.45) is 4.40 Å². The maximum atomic E-state index is 12.7. The Hall–Kier alpha value is -2.34. The summed E-state index contributed by atoms with van der Waals surface area (Å²) in [4.78, 5) is 0.0521. The lowest BCUT2D eigenvalue weighted by Gasteiger charge is -2.12. The predicted molar refractivity (Wildman–Crippen MR) is 107 cm³/mol. The number of benzene rings is 3. The summed E-state index contributed by atoms with van der Waals surface area (Å²) in [6, 6.07) is 21.9. The van der Waals surface area contributed by atoms with Crippen molar-refractivity contribution in [3.63, 3.8) is 0 Å². The van der Waals surface area contributed by atoms with Gasteiger partial charge >= 0.3 is 0 Å². The number of hydrogen-bond acceptors (Lipinski definition) is 2. The number of hydrogen-bond donors (Lipinski definition) is 1. The fourth-order valence-electron chi connectivity index (χ4n) is 2.21. The highest BCUT2D eigenvalue weighted by atomic mass is 35.5. The van der Waals surface area contributed by atoms with Crippen LogP contribution in [0.25, 0.3) is 0 Å². The summed E-state index contributed by atoms with van der Waals surface area (Å²) in [7, 11) is -3.93. The standard InChI is InChI=1S/C19H14Cl2N2O2S/c20-15-10-12-16(13-11-15)26(24,25)23-19(14-6-2-1-3-7-14)22-18-9-5-4-8-17(18)21/h1-13H,(H,22,23). The second kappa shape index (κ2) is 7.91. The summed E-state index contributed by atoms with van der Waals surface area (Å²) in [6.07, 6.45) is 0. The van der Waals surface area contributed by atoms with E-state index < -0.39 is 10.0 Å². The minimum absolute atomic E-state index is 0.0521. The van der Waals surface area contributed by atoms with Crippen molar-refractivity contribution >= 4 is 44.7 Å². The third kappa shape index (κ3) is 4.43. The zero-order valence-corrected chi connectivity index (χ0v) is 15.8. The molecule has 132 valence electrons. The Labute approximate surface area is 162 Å². The lowest BCUT2D eigenvalue weighted by atomic mass is 10.2. The third-order valence-electron chi connectivity index (χ3n) is 3.50. The van der Waals surface area contributed by atoms with Gasteiger partial charge in [-0.2, -0.15) is 8.42 Å². The molecule has 0 spiro atoms. The van der Waals surface area contributed by atoms with Crippen molar-refractivity contribution in [3.8, 4) is 0 Å². The molecule has 7 heteroatoms. The molecule has 0 radical (unpaired) electrons. The van der Waals surface area contributed by atoms with Crippen LogP contribution < -0.4 is 5.32 Å². The van der Waals surface area contributed by atoms with Gasteiger partial charge in [0.15, 0.2) is 5.84 Å². The SMILES string of the molecule is O=S(=O)(N=C(Nc1ccccc1Cl)c1ccccc1)c1ccc(Cl)cc1. The normalized spacial score (nSPS) is 12.0. The van der Waals surface area contributed by atoms with Crippen LogP contribution >= 0.6 is 23.2 Å². The van der Waals surface area contributed by atoms with Gasteiger partial charge in [-0.15, -0.1) is 4.40 Å². The number of nitrogens with one attached hydrogen (secondary N) is 1. The van der Waals surface area contributed by atoms with Gasteiger partial charge in [-0.3, -0.25) is 0 Å². The van der Waals surface area contributed by atoms with Gasteiger partial charge in [0, 0.05) is 10.6 Å². The largest absolute Gasteiger partial charge is 0.338 e. The number of para-hydroxylation sites is 1. The van der Waals surface area contributed by atoms with Crippen molar-refractivity contribution in [3.05, 3.63) is 94.5 Å². The lowest BCUT2D eigenvalue weighted by molar-refractivity contribution is 0.598. The van der Waals surface area contributed by atoms with Gasteiger partial charge in [0.05, 0.1) is 15.6 Å². The highest BCUT2D eigenvalue weighted by molar-refractivity contribution is 7.90. The van der Waals surface area contributed by atoms with E-state index in [1.807, 2.05) is 6.07 Å². The summed E-state index contributed by atoms with van der Waals surface area (Å²) in [5, 5.41) is 3.92. The van der Waals surface area contributed by atoms with E-state index in [9.17, 15) is 8.42 Å². The summed E-state index contributed by atoms with van der Waals surface area (Å²) < 4.78 is 29.4. The first-order chi connectivity index (χ1) is 12.5. The fourth-order valence-corrected chi connectivity index (χ4v) is 3.50. The second-order valence-corrected chi connectivity index (χ2v) is 7.79. The van der Waals surface area contributed by atoms with Crippen LogP contribution in [0.2, 0.25) is 10.0 Å². The Morgan fingerprint density at radius 1 is 0.808 bits per heavy atom. The minimum atomic E-state index is -3.93. The van der Waals surface area contributed by atoms with Crippen molar-refractivity contribution < 1.29 is 8.42 Å². The molecule has 0 unspecified atom stereocenters. The monoisotopic (exact) mass is 404 g/mol. The molecular formula is C19H14Cl2N2O2S. The van der Waals surface area contributed by atoms with Crippen LogP contribution in [0.15, 0.2) is 88.2 Å². The van der Waals surface area contributed by atoms with Gasteiger partial charge in [-0.1, -0.05) is 65.7 Å². The molecule has 0 aliphatic heterocycles. The summed E-state index contributed by atoms with van der Waals surface area (Å²) in [5.41, 5.74) is 1.17. The van der Waals surface area contributed by atoms with Gasteiger partial charge in [-0.05, 0) is 36.4 Å². The molecule has 1 N–H and O–H groups in total. The van der Waals surface area contributed by atoms with Crippen molar-refractivity contribution in [1.82, 2.24) is 0 Å². The first-order valence-corrected chi connectivity index (χ1v) is 9.83. The summed E-state index contributed by atoms with van der Waals surface area (Å²) in [5.74, 6) is 0.175. The van der Waals surface area contributed by atoms with Crippen molar-refractivity contribution in [2.45, 2.75) is 4.90 Å². The number of rotatable bonds is 4.